The third kappa shape index (κ3) is 1.19. The van der Waals surface area contributed by atoms with E-state index >= 15 is 0 Å². The van der Waals surface area contributed by atoms with Gasteiger partial charge in [0.1, 0.15) is 5.69 Å². The van der Waals surface area contributed by atoms with Gasteiger partial charge in [-0.05, 0) is 31.1 Å². The standard InChI is InChI=1S/C12H13NO2/c1-4-8-7(2)13(3)12-10(15)6-5-9(14)11(8)12/h5-6H,4H2,1-3H3. The van der Waals surface area contributed by atoms with E-state index in [0.717, 1.165) is 17.7 Å². The number of nitrogens with zero attached hydrogens (tertiary/aromatic N) is 1. The number of carbonyl (C=O) groups is 2. The molecule has 0 fully saturated rings. The maximum absolute atomic E-state index is 11.7. The third-order valence-electron chi connectivity index (χ3n) is 3.03. The van der Waals surface area contributed by atoms with Gasteiger partial charge in [-0.2, -0.15) is 0 Å². The van der Waals surface area contributed by atoms with Crippen molar-refractivity contribution in [2.75, 3.05) is 0 Å². The van der Waals surface area contributed by atoms with E-state index in [0.29, 0.717) is 11.3 Å². The van der Waals surface area contributed by atoms with Crippen LogP contribution in [0.5, 0.6) is 0 Å². The summed E-state index contributed by atoms with van der Waals surface area (Å²) in [5, 5.41) is 0. The van der Waals surface area contributed by atoms with Crippen LogP contribution in [0.25, 0.3) is 0 Å². The maximum Gasteiger partial charge on any atom is 0.203 e. The van der Waals surface area contributed by atoms with E-state index in [2.05, 4.69) is 0 Å². The lowest BCUT2D eigenvalue weighted by Crippen LogP contribution is -2.14. The molecule has 0 aliphatic heterocycles. The molecule has 1 aromatic rings. The molecule has 0 atom stereocenters. The van der Waals surface area contributed by atoms with Crippen LogP contribution in [-0.2, 0) is 13.5 Å². The van der Waals surface area contributed by atoms with Crippen LogP contribution < -0.4 is 0 Å². The SMILES string of the molecule is CCc1c2c(n(C)c1C)C(=O)C=CC2=O. The van der Waals surface area contributed by atoms with Gasteiger partial charge in [0, 0.05) is 12.7 Å². The smallest absolute Gasteiger partial charge is 0.203 e. The van der Waals surface area contributed by atoms with Crippen molar-refractivity contribution in [1.29, 1.82) is 0 Å². The van der Waals surface area contributed by atoms with Gasteiger partial charge in [-0.25, -0.2) is 0 Å². The fourth-order valence-corrected chi connectivity index (χ4v) is 2.16. The first-order valence-corrected chi connectivity index (χ1v) is 5.02. The third-order valence-corrected chi connectivity index (χ3v) is 3.03. The van der Waals surface area contributed by atoms with E-state index in [1.54, 1.807) is 0 Å². The summed E-state index contributed by atoms with van der Waals surface area (Å²) in [6.07, 6.45) is 3.49. The summed E-state index contributed by atoms with van der Waals surface area (Å²) in [6, 6.07) is 0. The van der Waals surface area contributed by atoms with Crippen molar-refractivity contribution < 1.29 is 9.59 Å². The van der Waals surface area contributed by atoms with E-state index in [9.17, 15) is 9.59 Å². The van der Waals surface area contributed by atoms with Gasteiger partial charge in [-0.1, -0.05) is 6.92 Å². The molecular formula is C12H13NO2. The molecule has 78 valence electrons. The first kappa shape index (κ1) is 9.90. The van der Waals surface area contributed by atoms with E-state index in [1.165, 1.54) is 12.2 Å². The van der Waals surface area contributed by atoms with Crippen molar-refractivity contribution in [3.8, 4) is 0 Å². The van der Waals surface area contributed by atoms with Crippen molar-refractivity contribution in [2.45, 2.75) is 20.3 Å². The Morgan fingerprint density at radius 1 is 1.20 bits per heavy atom. The van der Waals surface area contributed by atoms with Crippen molar-refractivity contribution in [1.82, 2.24) is 4.57 Å². The van der Waals surface area contributed by atoms with Crippen LogP contribution >= 0.6 is 0 Å². The zero-order valence-electron chi connectivity index (χ0n) is 9.13. The van der Waals surface area contributed by atoms with Crippen molar-refractivity contribution in [3.63, 3.8) is 0 Å². The predicted molar refractivity (Wildman–Crippen MR) is 57.3 cm³/mol. The summed E-state index contributed by atoms with van der Waals surface area (Å²) >= 11 is 0. The molecule has 1 aliphatic carbocycles. The Bertz CT molecular complexity index is 492. The lowest BCUT2D eigenvalue weighted by molar-refractivity contribution is 0.0989. The second-order valence-corrected chi connectivity index (χ2v) is 3.76. The summed E-state index contributed by atoms with van der Waals surface area (Å²) in [6.45, 7) is 3.94. The van der Waals surface area contributed by atoms with E-state index < -0.39 is 0 Å². The highest BCUT2D eigenvalue weighted by molar-refractivity contribution is 6.22. The van der Waals surface area contributed by atoms with Gasteiger partial charge >= 0.3 is 0 Å². The van der Waals surface area contributed by atoms with Crippen LogP contribution in [0.2, 0.25) is 0 Å². The fraction of sp³-hybridized carbons (Fsp3) is 0.333. The van der Waals surface area contributed by atoms with E-state index in [4.69, 9.17) is 0 Å². The van der Waals surface area contributed by atoms with Crippen LogP contribution in [0.15, 0.2) is 12.2 Å². The fourth-order valence-electron chi connectivity index (χ4n) is 2.16. The number of fused-ring (bicyclic) bond motifs is 1. The number of carbonyl (C=O) groups excluding carboxylic acids is 2. The first-order chi connectivity index (χ1) is 7.07. The Morgan fingerprint density at radius 3 is 2.40 bits per heavy atom. The number of ketones is 2. The van der Waals surface area contributed by atoms with Gasteiger partial charge in [-0.3, -0.25) is 9.59 Å². The minimum atomic E-state index is -0.0742. The van der Waals surface area contributed by atoms with E-state index in [1.807, 2.05) is 25.5 Å². The normalized spacial score (nSPS) is 14.6. The molecule has 1 aliphatic rings. The number of hydrogen-bond donors (Lipinski definition) is 0. The average molecular weight is 203 g/mol. The summed E-state index contributed by atoms with van der Waals surface area (Å²) in [4.78, 5) is 23.4. The van der Waals surface area contributed by atoms with E-state index in [-0.39, 0.29) is 11.6 Å². The second kappa shape index (κ2) is 3.19. The Kier molecular flexibility index (Phi) is 2.11. The number of allylic oxidation sites excluding steroid dienone is 2. The van der Waals surface area contributed by atoms with Crippen LogP contribution in [0, 0.1) is 6.92 Å². The van der Waals surface area contributed by atoms with Crippen molar-refractivity contribution in [3.05, 3.63) is 34.7 Å². The molecule has 0 N–H and O–H groups in total. The maximum atomic E-state index is 11.7. The van der Waals surface area contributed by atoms with Crippen LogP contribution in [0.4, 0.5) is 0 Å². The molecule has 0 spiro atoms. The molecule has 2 rings (SSSR count). The van der Waals surface area contributed by atoms with Gasteiger partial charge < -0.3 is 4.57 Å². The Morgan fingerprint density at radius 2 is 1.80 bits per heavy atom. The molecule has 0 aromatic carbocycles. The molecule has 0 radical (unpaired) electrons. The van der Waals surface area contributed by atoms with Crippen LogP contribution in [0.3, 0.4) is 0 Å². The summed E-state index contributed by atoms with van der Waals surface area (Å²) < 4.78 is 1.82. The molecule has 0 unspecified atom stereocenters. The first-order valence-electron chi connectivity index (χ1n) is 5.02. The zero-order valence-corrected chi connectivity index (χ0v) is 9.13. The zero-order chi connectivity index (χ0) is 11.2. The number of rotatable bonds is 1. The highest BCUT2D eigenvalue weighted by atomic mass is 16.1. The molecule has 0 bridgehead atoms. The van der Waals surface area contributed by atoms with Gasteiger partial charge in [0.05, 0.1) is 5.56 Å². The van der Waals surface area contributed by atoms with Crippen LogP contribution in [0.1, 0.15) is 39.0 Å². The quantitative estimate of drug-likeness (QED) is 0.698. The highest BCUT2D eigenvalue weighted by Crippen LogP contribution is 2.26. The molecule has 3 heteroatoms. The second-order valence-electron chi connectivity index (χ2n) is 3.76. The topological polar surface area (TPSA) is 39.1 Å². The van der Waals surface area contributed by atoms with Crippen molar-refractivity contribution >= 4 is 11.6 Å². The summed E-state index contributed by atoms with van der Waals surface area (Å²) in [5.41, 5.74) is 3.14. The predicted octanol–water partition coefficient (Wildman–Crippen LogP) is 1.83. The van der Waals surface area contributed by atoms with Gasteiger partial charge in [0.25, 0.3) is 0 Å². The van der Waals surface area contributed by atoms with Crippen LogP contribution in [-0.4, -0.2) is 16.1 Å². The largest absolute Gasteiger partial charge is 0.344 e. The molecular weight excluding hydrogens is 190 g/mol. The summed E-state index contributed by atoms with van der Waals surface area (Å²) in [5.74, 6) is -0.125. The molecule has 0 saturated heterocycles. The Balaban J connectivity index is 2.81. The highest BCUT2D eigenvalue weighted by Gasteiger charge is 2.27. The monoisotopic (exact) mass is 203 g/mol. The van der Waals surface area contributed by atoms with Gasteiger partial charge in [0.2, 0.25) is 5.78 Å². The molecule has 3 nitrogen and oxygen atoms in total. The molecule has 1 aromatic heterocycles. The minimum absolute atomic E-state index is 0.0508. The van der Waals surface area contributed by atoms with Gasteiger partial charge in [0.15, 0.2) is 5.78 Å². The van der Waals surface area contributed by atoms with Gasteiger partial charge in [-0.15, -0.1) is 0 Å². The summed E-state index contributed by atoms with van der Waals surface area (Å²) in [7, 11) is 1.83. The molecule has 15 heavy (non-hydrogen) atoms. The Hall–Kier alpha value is -1.64. The molecule has 0 amide bonds. The molecule has 0 saturated carbocycles. The minimum Gasteiger partial charge on any atom is -0.344 e. The molecule has 1 heterocycles. The lowest BCUT2D eigenvalue weighted by Gasteiger charge is -2.06. The number of aromatic nitrogens is 1. The average Bonchev–Trinajstić information content (AvgIpc) is 2.47. The van der Waals surface area contributed by atoms with Crippen molar-refractivity contribution in [2.24, 2.45) is 7.05 Å². The Labute approximate surface area is 88.4 Å². The lowest BCUT2D eigenvalue weighted by atomic mass is 9.96. The number of hydrogen-bond acceptors (Lipinski definition) is 2.